The number of ether oxygens (including phenoxy) is 2. The molecule has 1 aliphatic heterocycles. The van der Waals surface area contributed by atoms with Gasteiger partial charge in [0.1, 0.15) is 29.8 Å². The average molecular weight is 472 g/mol. The molecular formula is C28H29N3O4. The summed E-state index contributed by atoms with van der Waals surface area (Å²) in [4.78, 5) is 14.7. The van der Waals surface area contributed by atoms with E-state index in [1.807, 2.05) is 30.3 Å². The molecule has 0 spiro atoms. The lowest BCUT2D eigenvalue weighted by Gasteiger charge is -2.29. The van der Waals surface area contributed by atoms with E-state index in [1.165, 1.54) is 0 Å². The molecule has 1 amide bonds. The van der Waals surface area contributed by atoms with Gasteiger partial charge < -0.3 is 19.9 Å². The maximum absolute atomic E-state index is 12.5. The molecule has 0 aliphatic carbocycles. The van der Waals surface area contributed by atoms with Crippen LogP contribution < -0.4 is 14.8 Å². The first-order valence-electron chi connectivity index (χ1n) is 11.6. The zero-order valence-corrected chi connectivity index (χ0v) is 19.7. The van der Waals surface area contributed by atoms with Crippen LogP contribution in [0.2, 0.25) is 0 Å². The van der Waals surface area contributed by atoms with Crippen molar-refractivity contribution in [3.8, 4) is 17.6 Å². The Morgan fingerprint density at radius 1 is 1.11 bits per heavy atom. The van der Waals surface area contributed by atoms with Crippen LogP contribution >= 0.6 is 0 Å². The number of hydrogen-bond acceptors (Lipinski definition) is 6. The van der Waals surface area contributed by atoms with Gasteiger partial charge in [-0.3, -0.25) is 9.69 Å². The number of carbonyl (C=O) groups excluding carboxylic acids is 1. The molecule has 7 nitrogen and oxygen atoms in total. The van der Waals surface area contributed by atoms with Crippen LogP contribution in [0.3, 0.4) is 0 Å². The number of rotatable bonds is 9. The molecule has 35 heavy (non-hydrogen) atoms. The van der Waals surface area contributed by atoms with Gasteiger partial charge in [-0.15, -0.1) is 0 Å². The van der Waals surface area contributed by atoms with Crippen LogP contribution in [0.15, 0.2) is 78.9 Å². The Morgan fingerprint density at radius 3 is 2.57 bits per heavy atom. The number of hydrogen-bond donors (Lipinski definition) is 2. The van der Waals surface area contributed by atoms with Crippen molar-refractivity contribution < 1.29 is 19.4 Å². The molecule has 2 unspecified atom stereocenters. The third kappa shape index (κ3) is 6.82. The van der Waals surface area contributed by atoms with Crippen molar-refractivity contribution in [1.29, 1.82) is 5.26 Å². The summed E-state index contributed by atoms with van der Waals surface area (Å²) in [5.74, 6) is 1.01. The Labute approximate surface area is 205 Å². The van der Waals surface area contributed by atoms with Crippen LogP contribution in [-0.4, -0.2) is 53.9 Å². The zero-order chi connectivity index (χ0) is 24.7. The lowest BCUT2D eigenvalue weighted by molar-refractivity contribution is -0.0141. The fraction of sp³-hybridized carbons (Fsp3) is 0.286. The highest BCUT2D eigenvalue weighted by molar-refractivity contribution is 6.04. The fourth-order valence-electron chi connectivity index (χ4n) is 4.08. The van der Waals surface area contributed by atoms with Crippen LogP contribution in [0.5, 0.6) is 11.5 Å². The molecule has 1 fully saturated rings. The second-order valence-corrected chi connectivity index (χ2v) is 9.00. The first-order valence-corrected chi connectivity index (χ1v) is 11.6. The quantitative estimate of drug-likeness (QED) is 0.488. The minimum atomic E-state index is -1.10. The zero-order valence-electron chi connectivity index (χ0n) is 19.7. The molecule has 1 saturated heterocycles. The lowest BCUT2D eigenvalue weighted by atomic mass is 10.1. The molecule has 1 aliphatic rings. The number of nitrogens with one attached hydrogen (secondary N) is 1. The number of nitriles is 1. The molecule has 3 aromatic carbocycles. The summed E-state index contributed by atoms with van der Waals surface area (Å²) >= 11 is 0. The average Bonchev–Trinajstić information content (AvgIpc) is 3.30. The number of amides is 1. The first-order chi connectivity index (χ1) is 16.9. The highest BCUT2D eigenvalue weighted by Crippen LogP contribution is 2.26. The van der Waals surface area contributed by atoms with E-state index >= 15 is 0 Å². The Kier molecular flexibility index (Phi) is 7.66. The minimum absolute atomic E-state index is 0.0218. The number of para-hydroxylation sites is 2. The number of aliphatic hydroxyl groups is 1. The third-order valence-corrected chi connectivity index (χ3v) is 5.79. The molecular weight excluding hydrogens is 442 g/mol. The summed E-state index contributed by atoms with van der Waals surface area (Å²) in [6, 6.07) is 25.4. The van der Waals surface area contributed by atoms with Gasteiger partial charge in [-0.25, -0.2) is 0 Å². The smallest absolute Gasteiger partial charge is 0.255 e. The number of benzene rings is 3. The molecule has 2 N–H and O–H groups in total. The maximum Gasteiger partial charge on any atom is 0.255 e. The van der Waals surface area contributed by atoms with E-state index in [4.69, 9.17) is 14.7 Å². The summed E-state index contributed by atoms with van der Waals surface area (Å²) in [5, 5.41) is 22.8. The van der Waals surface area contributed by atoms with E-state index in [0.29, 0.717) is 35.7 Å². The summed E-state index contributed by atoms with van der Waals surface area (Å²) in [6.45, 7) is 3.75. The van der Waals surface area contributed by atoms with Crippen molar-refractivity contribution in [2.24, 2.45) is 0 Å². The van der Waals surface area contributed by atoms with Crippen molar-refractivity contribution in [3.63, 3.8) is 0 Å². The number of β-amino-alcohol motifs (C(OH)–C–C–N with tert-alkyl or cyclic N) is 1. The van der Waals surface area contributed by atoms with Crippen molar-refractivity contribution >= 4 is 11.6 Å². The van der Waals surface area contributed by atoms with Crippen molar-refractivity contribution in [1.82, 2.24) is 4.90 Å². The fourth-order valence-corrected chi connectivity index (χ4v) is 4.08. The number of likely N-dealkylation sites (tertiary alicyclic amines) is 1. The predicted molar refractivity (Wildman–Crippen MR) is 134 cm³/mol. The van der Waals surface area contributed by atoms with E-state index in [9.17, 15) is 9.90 Å². The van der Waals surface area contributed by atoms with Gasteiger partial charge in [0.05, 0.1) is 17.3 Å². The Hall–Kier alpha value is -3.86. The summed E-state index contributed by atoms with van der Waals surface area (Å²) in [5.41, 5.74) is 0.609. The first kappa shape index (κ1) is 24.3. The SMILES string of the molecule is CC(O)(COc1ccccc1NC(=O)c1ccccc1)CN1CCC(Oc2ccc(C#N)cc2)C1. The maximum atomic E-state index is 12.5. The molecule has 0 bridgehead atoms. The highest BCUT2D eigenvalue weighted by Gasteiger charge is 2.31. The van der Waals surface area contributed by atoms with Gasteiger partial charge in [0.25, 0.3) is 5.91 Å². The number of anilines is 1. The molecule has 180 valence electrons. The monoisotopic (exact) mass is 471 g/mol. The van der Waals surface area contributed by atoms with Crippen LogP contribution in [-0.2, 0) is 0 Å². The van der Waals surface area contributed by atoms with Crippen molar-refractivity contribution in [2.75, 3.05) is 31.6 Å². The van der Waals surface area contributed by atoms with E-state index in [2.05, 4.69) is 16.3 Å². The Morgan fingerprint density at radius 2 is 1.83 bits per heavy atom. The number of nitrogens with zero attached hydrogens (tertiary/aromatic N) is 2. The molecule has 2 atom stereocenters. The third-order valence-electron chi connectivity index (χ3n) is 5.79. The second kappa shape index (κ2) is 11.0. The Bertz CT molecular complexity index is 1170. The minimum Gasteiger partial charge on any atom is -0.489 e. The van der Waals surface area contributed by atoms with Gasteiger partial charge in [0.15, 0.2) is 0 Å². The van der Waals surface area contributed by atoms with E-state index in [1.54, 1.807) is 55.5 Å². The highest BCUT2D eigenvalue weighted by atomic mass is 16.5. The standard InChI is InChI=1S/C28H29N3O4/c1-28(33,19-31-16-15-24(18-31)35-23-13-11-21(17-29)12-14-23)20-34-26-10-6-5-9-25(26)30-27(32)22-7-3-2-4-8-22/h2-14,24,33H,15-16,18-20H2,1H3,(H,30,32). The molecule has 0 saturated carbocycles. The van der Waals surface area contributed by atoms with Crippen LogP contribution in [0.25, 0.3) is 0 Å². The van der Waals surface area contributed by atoms with Gasteiger partial charge >= 0.3 is 0 Å². The van der Waals surface area contributed by atoms with E-state index in [-0.39, 0.29) is 18.6 Å². The largest absolute Gasteiger partial charge is 0.489 e. The molecule has 1 heterocycles. The Balaban J connectivity index is 1.29. The summed E-state index contributed by atoms with van der Waals surface area (Å²) < 4.78 is 12.0. The molecule has 3 aromatic rings. The molecule has 0 aromatic heterocycles. The van der Waals surface area contributed by atoms with Gasteiger partial charge in [0, 0.05) is 25.2 Å². The van der Waals surface area contributed by atoms with Crippen molar-refractivity contribution in [3.05, 3.63) is 90.0 Å². The van der Waals surface area contributed by atoms with E-state index in [0.717, 1.165) is 18.7 Å². The van der Waals surface area contributed by atoms with Crippen molar-refractivity contribution in [2.45, 2.75) is 25.0 Å². The van der Waals surface area contributed by atoms with Crippen LogP contribution in [0, 0.1) is 11.3 Å². The topological polar surface area (TPSA) is 94.8 Å². The predicted octanol–water partition coefficient (Wildman–Crippen LogP) is 4.09. The van der Waals surface area contributed by atoms with Gasteiger partial charge in [-0.05, 0) is 61.9 Å². The second-order valence-electron chi connectivity index (χ2n) is 9.00. The lowest BCUT2D eigenvalue weighted by Crippen LogP contribution is -2.44. The summed E-state index contributed by atoms with van der Waals surface area (Å²) in [7, 11) is 0. The van der Waals surface area contributed by atoms with Gasteiger partial charge in [0.2, 0.25) is 0 Å². The van der Waals surface area contributed by atoms with Gasteiger partial charge in [-0.2, -0.15) is 5.26 Å². The van der Waals surface area contributed by atoms with Gasteiger partial charge in [-0.1, -0.05) is 30.3 Å². The summed E-state index contributed by atoms with van der Waals surface area (Å²) in [6.07, 6.45) is 0.874. The van der Waals surface area contributed by atoms with Crippen LogP contribution in [0.4, 0.5) is 5.69 Å². The van der Waals surface area contributed by atoms with Crippen LogP contribution in [0.1, 0.15) is 29.3 Å². The normalized spacial score (nSPS) is 17.2. The molecule has 0 radical (unpaired) electrons. The molecule has 4 rings (SSSR count). The van der Waals surface area contributed by atoms with E-state index < -0.39 is 5.60 Å². The molecule has 7 heteroatoms. The number of carbonyl (C=O) groups is 1.